The van der Waals surface area contributed by atoms with E-state index in [1.807, 2.05) is 6.07 Å². The molecule has 2 nitrogen and oxygen atoms in total. The zero-order chi connectivity index (χ0) is 6.57. The van der Waals surface area contributed by atoms with Crippen molar-refractivity contribution in [3.63, 3.8) is 0 Å². The van der Waals surface area contributed by atoms with E-state index in [0.29, 0.717) is 0 Å². The number of nitriles is 1. The molecule has 3 heteroatoms. The van der Waals surface area contributed by atoms with E-state index >= 15 is 0 Å². The first kappa shape index (κ1) is 7.64. The van der Waals surface area contributed by atoms with Crippen molar-refractivity contribution in [2.75, 3.05) is 5.33 Å². The average molecular weight is 176 g/mol. The number of carbonyl (C=O) groups excluding carboxylic acids is 1. The highest BCUT2D eigenvalue weighted by molar-refractivity contribution is 9.09. The summed E-state index contributed by atoms with van der Waals surface area (Å²) in [4.78, 5) is 10.5. The molecule has 0 spiro atoms. The second-order valence-electron chi connectivity index (χ2n) is 1.45. The van der Waals surface area contributed by atoms with Gasteiger partial charge in [0.05, 0.1) is 11.4 Å². The SMILES string of the molecule is CC(C#N)C(=O)CBr. The van der Waals surface area contributed by atoms with Crippen molar-refractivity contribution in [1.82, 2.24) is 0 Å². The molecule has 0 aliphatic rings. The molecule has 8 heavy (non-hydrogen) atoms. The van der Waals surface area contributed by atoms with Crippen molar-refractivity contribution in [2.24, 2.45) is 5.92 Å². The number of ketones is 1. The van der Waals surface area contributed by atoms with Gasteiger partial charge < -0.3 is 0 Å². The van der Waals surface area contributed by atoms with Crippen LogP contribution in [0.4, 0.5) is 0 Å². The van der Waals surface area contributed by atoms with E-state index < -0.39 is 5.92 Å². The maximum absolute atomic E-state index is 10.5. The lowest BCUT2D eigenvalue weighted by Gasteiger charge is -1.92. The fourth-order valence-electron chi connectivity index (χ4n) is 0.188. The fraction of sp³-hybridized carbons (Fsp3) is 0.600. The maximum atomic E-state index is 10.5. The molecule has 0 amide bonds. The molecule has 0 saturated carbocycles. The van der Waals surface area contributed by atoms with E-state index in [4.69, 9.17) is 5.26 Å². The Balaban J connectivity index is 3.68. The van der Waals surface area contributed by atoms with Crippen molar-refractivity contribution >= 4 is 21.7 Å². The van der Waals surface area contributed by atoms with E-state index in [2.05, 4.69) is 15.9 Å². The van der Waals surface area contributed by atoms with Crippen LogP contribution in [-0.2, 0) is 4.79 Å². The minimum atomic E-state index is -0.464. The zero-order valence-electron chi connectivity index (χ0n) is 4.52. The first-order chi connectivity index (χ1) is 3.72. The largest absolute Gasteiger partial charge is 0.297 e. The van der Waals surface area contributed by atoms with Crippen molar-refractivity contribution < 1.29 is 4.79 Å². The monoisotopic (exact) mass is 175 g/mol. The Labute approximate surface area is 56.6 Å². The van der Waals surface area contributed by atoms with Crippen molar-refractivity contribution in [1.29, 1.82) is 5.26 Å². The second-order valence-corrected chi connectivity index (χ2v) is 2.01. The van der Waals surface area contributed by atoms with Gasteiger partial charge >= 0.3 is 0 Å². The molecule has 0 aromatic carbocycles. The highest BCUT2D eigenvalue weighted by Crippen LogP contribution is 1.96. The Hall–Kier alpha value is -0.360. The summed E-state index contributed by atoms with van der Waals surface area (Å²) in [6.07, 6.45) is 0. The summed E-state index contributed by atoms with van der Waals surface area (Å²) in [5, 5.41) is 8.42. The number of Topliss-reactive ketones (excluding diaryl/α,β-unsaturated/α-hetero) is 1. The fourth-order valence-corrected chi connectivity index (χ4v) is 0.673. The predicted molar refractivity (Wildman–Crippen MR) is 33.6 cm³/mol. The molecule has 0 N–H and O–H groups in total. The van der Waals surface area contributed by atoms with Crippen LogP contribution in [0.15, 0.2) is 0 Å². The summed E-state index contributed by atoms with van der Waals surface area (Å²) in [6, 6.07) is 1.84. The van der Waals surface area contributed by atoms with E-state index in [9.17, 15) is 4.79 Å². The van der Waals surface area contributed by atoms with Crippen LogP contribution in [0, 0.1) is 17.2 Å². The number of halogens is 1. The predicted octanol–water partition coefficient (Wildman–Crippen LogP) is 1.11. The lowest BCUT2D eigenvalue weighted by Crippen LogP contribution is -2.08. The van der Waals surface area contributed by atoms with Crippen LogP contribution in [-0.4, -0.2) is 11.1 Å². The molecule has 44 valence electrons. The second kappa shape index (κ2) is 3.62. The normalized spacial score (nSPS) is 12.1. The van der Waals surface area contributed by atoms with Gasteiger partial charge in [-0.3, -0.25) is 4.79 Å². The summed E-state index contributed by atoms with van der Waals surface area (Å²) in [5.41, 5.74) is 0. The van der Waals surface area contributed by atoms with Crippen LogP contribution in [0.2, 0.25) is 0 Å². The number of hydrogen-bond donors (Lipinski definition) is 0. The number of nitrogens with zero attached hydrogens (tertiary/aromatic N) is 1. The number of alkyl halides is 1. The highest BCUT2D eigenvalue weighted by Gasteiger charge is 2.07. The van der Waals surface area contributed by atoms with Gasteiger partial charge in [-0.05, 0) is 6.92 Å². The van der Waals surface area contributed by atoms with E-state index in [-0.39, 0.29) is 11.1 Å². The van der Waals surface area contributed by atoms with Crippen LogP contribution < -0.4 is 0 Å². The first-order valence-electron chi connectivity index (χ1n) is 2.20. The smallest absolute Gasteiger partial charge is 0.160 e. The Morgan fingerprint density at radius 2 is 2.50 bits per heavy atom. The van der Waals surface area contributed by atoms with E-state index in [1.165, 1.54) is 0 Å². The highest BCUT2D eigenvalue weighted by atomic mass is 79.9. The molecule has 1 atom stereocenters. The maximum Gasteiger partial charge on any atom is 0.160 e. The molecular weight excluding hydrogens is 170 g/mol. The summed E-state index contributed by atoms with van der Waals surface area (Å²) >= 11 is 2.96. The van der Waals surface area contributed by atoms with Gasteiger partial charge in [0.1, 0.15) is 5.92 Å². The summed E-state index contributed by atoms with van der Waals surface area (Å²) in [7, 11) is 0. The molecule has 0 heterocycles. The number of hydrogen-bond acceptors (Lipinski definition) is 2. The summed E-state index contributed by atoms with van der Waals surface area (Å²) < 4.78 is 0. The molecule has 0 aliphatic carbocycles. The van der Waals surface area contributed by atoms with Gasteiger partial charge in [0.2, 0.25) is 0 Å². The van der Waals surface area contributed by atoms with Crippen LogP contribution in [0.3, 0.4) is 0 Å². The molecule has 0 saturated heterocycles. The van der Waals surface area contributed by atoms with E-state index in [1.54, 1.807) is 6.92 Å². The third-order valence-corrected chi connectivity index (χ3v) is 1.36. The van der Waals surface area contributed by atoms with Crippen LogP contribution in [0.1, 0.15) is 6.92 Å². The molecule has 0 fully saturated rings. The third-order valence-electron chi connectivity index (χ3n) is 0.808. The lowest BCUT2D eigenvalue weighted by molar-refractivity contribution is -0.118. The van der Waals surface area contributed by atoms with Gasteiger partial charge in [-0.1, -0.05) is 15.9 Å². The molecule has 0 aromatic heterocycles. The molecule has 0 radical (unpaired) electrons. The summed E-state index contributed by atoms with van der Waals surface area (Å²) in [5.74, 6) is -0.526. The molecular formula is C5H6BrNO. The van der Waals surface area contributed by atoms with Gasteiger partial charge in [0.15, 0.2) is 5.78 Å². The van der Waals surface area contributed by atoms with Crippen molar-refractivity contribution in [3.05, 3.63) is 0 Å². The topological polar surface area (TPSA) is 40.9 Å². The van der Waals surface area contributed by atoms with E-state index in [0.717, 1.165) is 0 Å². The lowest BCUT2D eigenvalue weighted by atomic mass is 10.1. The molecule has 0 aromatic rings. The molecule has 0 aliphatic heterocycles. The number of carbonyl (C=O) groups is 1. The first-order valence-corrected chi connectivity index (χ1v) is 3.32. The standard InChI is InChI=1S/C5H6BrNO/c1-4(3-7)5(8)2-6/h4H,2H2,1H3. The quantitative estimate of drug-likeness (QED) is 0.591. The van der Waals surface area contributed by atoms with Crippen LogP contribution >= 0.6 is 15.9 Å². The van der Waals surface area contributed by atoms with Crippen LogP contribution in [0.25, 0.3) is 0 Å². The van der Waals surface area contributed by atoms with Gasteiger partial charge in [0, 0.05) is 0 Å². The van der Waals surface area contributed by atoms with Crippen molar-refractivity contribution in [3.8, 4) is 6.07 Å². The molecule has 1 unspecified atom stereocenters. The van der Waals surface area contributed by atoms with Gasteiger partial charge in [-0.25, -0.2) is 0 Å². The van der Waals surface area contributed by atoms with Gasteiger partial charge in [-0.2, -0.15) is 5.26 Å². The van der Waals surface area contributed by atoms with Crippen LogP contribution in [0.5, 0.6) is 0 Å². The Morgan fingerprint density at radius 3 is 2.62 bits per heavy atom. The van der Waals surface area contributed by atoms with Gasteiger partial charge in [-0.15, -0.1) is 0 Å². The van der Waals surface area contributed by atoms with Crippen molar-refractivity contribution in [2.45, 2.75) is 6.92 Å². The molecule has 0 bridgehead atoms. The minimum Gasteiger partial charge on any atom is -0.297 e. The average Bonchev–Trinajstić information content (AvgIpc) is 1.84. The Bertz CT molecular complexity index is 127. The molecule has 0 rings (SSSR count). The van der Waals surface area contributed by atoms with Gasteiger partial charge in [0.25, 0.3) is 0 Å². The third kappa shape index (κ3) is 2.08. The Kier molecular flexibility index (Phi) is 3.46. The number of rotatable bonds is 2. The minimum absolute atomic E-state index is 0.0625. The Morgan fingerprint density at radius 1 is 2.00 bits per heavy atom. The summed E-state index contributed by atoms with van der Waals surface area (Å²) in [6.45, 7) is 1.59. The zero-order valence-corrected chi connectivity index (χ0v) is 6.10.